The molecular formula is C13H20ClNO. The number of rotatable bonds is 6. The van der Waals surface area contributed by atoms with Crippen molar-refractivity contribution in [3.63, 3.8) is 0 Å². The maximum absolute atomic E-state index is 5.86. The second kappa shape index (κ2) is 6.89. The van der Waals surface area contributed by atoms with E-state index >= 15 is 0 Å². The summed E-state index contributed by atoms with van der Waals surface area (Å²) in [6.07, 6.45) is 2.22. The maximum atomic E-state index is 5.86. The van der Waals surface area contributed by atoms with E-state index < -0.39 is 0 Å². The Morgan fingerprint density at radius 3 is 2.38 bits per heavy atom. The molecule has 0 bridgehead atoms. The van der Waals surface area contributed by atoms with Gasteiger partial charge in [0.25, 0.3) is 0 Å². The Morgan fingerprint density at radius 2 is 1.94 bits per heavy atom. The monoisotopic (exact) mass is 241 g/mol. The van der Waals surface area contributed by atoms with Crippen molar-refractivity contribution in [1.82, 2.24) is 5.32 Å². The van der Waals surface area contributed by atoms with Gasteiger partial charge in [0.2, 0.25) is 0 Å². The number of likely N-dealkylation sites (N-methyl/N-ethyl adjacent to an activating group) is 1. The van der Waals surface area contributed by atoms with Crippen LogP contribution >= 0.6 is 11.6 Å². The number of hydrogen-bond acceptors (Lipinski definition) is 2. The molecule has 0 spiro atoms. The molecule has 1 N–H and O–H groups in total. The van der Waals surface area contributed by atoms with Gasteiger partial charge in [-0.05, 0) is 37.6 Å². The first-order valence-corrected chi connectivity index (χ1v) is 6.03. The minimum absolute atomic E-state index is 0.251. The number of hydrogen-bond donors (Lipinski definition) is 1. The summed E-state index contributed by atoms with van der Waals surface area (Å²) in [6, 6.07) is 8.33. The van der Waals surface area contributed by atoms with Crippen LogP contribution in [0.15, 0.2) is 24.3 Å². The van der Waals surface area contributed by atoms with Gasteiger partial charge in [-0.1, -0.05) is 30.7 Å². The van der Waals surface area contributed by atoms with Crippen molar-refractivity contribution in [2.75, 3.05) is 14.2 Å². The lowest BCUT2D eigenvalue weighted by Crippen LogP contribution is -2.40. The van der Waals surface area contributed by atoms with Crippen LogP contribution in [0.3, 0.4) is 0 Å². The lowest BCUT2D eigenvalue weighted by molar-refractivity contribution is 0.0678. The van der Waals surface area contributed by atoms with Gasteiger partial charge in [-0.3, -0.25) is 0 Å². The molecule has 0 heterocycles. The Kier molecular flexibility index (Phi) is 5.81. The van der Waals surface area contributed by atoms with Crippen LogP contribution in [-0.4, -0.2) is 26.3 Å². The Morgan fingerprint density at radius 1 is 1.31 bits per heavy atom. The molecule has 90 valence electrons. The summed E-state index contributed by atoms with van der Waals surface area (Å²) in [6.45, 7) is 2.14. The van der Waals surface area contributed by atoms with Crippen molar-refractivity contribution in [3.8, 4) is 0 Å². The summed E-state index contributed by atoms with van der Waals surface area (Å²) >= 11 is 5.86. The highest BCUT2D eigenvalue weighted by molar-refractivity contribution is 6.30. The van der Waals surface area contributed by atoms with Gasteiger partial charge in [-0.25, -0.2) is 0 Å². The van der Waals surface area contributed by atoms with Crippen LogP contribution in [0.25, 0.3) is 0 Å². The van der Waals surface area contributed by atoms with E-state index in [1.54, 1.807) is 7.11 Å². The minimum atomic E-state index is 0.251. The van der Waals surface area contributed by atoms with Crippen LogP contribution in [-0.2, 0) is 11.2 Å². The number of halogens is 1. The van der Waals surface area contributed by atoms with Crippen LogP contribution in [0, 0.1) is 0 Å². The third-order valence-corrected chi connectivity index (χ3v) is 3.15. The Bertz CT molecular complexity index is 295. The predicted molar refractivity (Wildman–Crippen MR) is 69.1 cm³/mol. The van der Waals surface area contributed by atoms with Gasteiger partial charge in [0, 0.05) is 18.2 Å². The van der Waals surface area contributed by atoms with E-state index in [4.69, 9.17) is 16.3 Å². The van der Waals surface area contributed by atoms with Crippen molar-refractivity contribution in [2.24, 2.45) is 0 Å². The summed E-state index contributed by atoms with van der Waals surface area (Å²) in [5, 5.41) is 4.09. The number of ether oxygens (including phenoxy) is 1. The van der Waals surface area contributed by atoms with Crippen LogP contribution in [0.5, 0.6) is 0 Å². The molecule has 0 amide bonds. The van der Waals surface area contributed by atoms with Crippen molar-refractivity contribution in [2.45, 2.75) is 31.9 Å². The minimum Gasteiger partial charge on any atom is -0.380 e. The number of nitrogens with one attached hydrogen (secondary N) is 1. The van der Waals surface area contributed by atoms with E-state index in [1.165, 1.54) is 5.56 Å². The fourth-order valence-corrected chi connectivity index (χ4v) is 2.04. The molecule has 3 heteroatoms. The second-order valence-corrected chi connectivity index (χ2v) is 4.34. The Labute approximate surface area is 103 Å². The molecule has 1 rings (SSSR count). The van der Waals surface area contributed by atoms with Crippen LogP contribution in [0.1, 0.15) is 18.9 Å². The molecular weight excluding hydrogens is 222 g/mol. The molecule has 0 radical (unpaired) electrons. The number of methoxy groups -OCH3 is 1. The van der Waals surface area contributed by atoms with E-state index in [0.29, 0.717) is 6.04 Å². The summed E-state index contributed by atoms with van der Waals surface area (Å²) in [5.41, 5.74) is 1.28. The van der Waals surface area contributed by atoms with Crippen molar-refractivity contribution in [1.29, 1.82) is 0 Å². The quantitative estimate of drug-likeness (QED) is 0.827. The maximum Gasteiger partial charge on any atom is 0.0724 e. The highest BCUT2D eigenvalue weighted by Crippen LogP contribution is 2.14. The fourth-order valence-electron chi connectivity index (χ4n) is 1.91. The van der Waals surface area contributed by atoms with Crippen molar-refractivity contribution >= 4 is 11.6 Å². The average molecular weight is 242 g/mol. The third-order valence-electron chi connectivity index (χ3n) is 2.89. The number of benzene rings is 1. The van der Waals surface area contributed by atoms with E-state index in [9.17, 15) is 0 Å². The Hall–Kier alpha value is -0.570. The highest BCUT2D eigenvalue weighted by atomic mass is 35.5. The lowest BCUT2D eigenvalue weighted by atomic mass is 10.00. The molecule has 2 atom stereocenters. The van der Waals surface area contributed by atoms with Crippen molar-refractivity contribution < 1.29 is 4.74 Å². The van der Waals surface area contributed by atoms with E-state index in [0.717, 1.165) is 17.9 Å². The van der Waals surface area contributed by atoms with Crippen LogP contribution in [0.4, 0.5) is 0 Å². The van der Waals surface area contributed by atoms with Gasteiger partial charge in [-0.15, -0.1) is 0 Å². The SMILES string of the molecule is CCC(OC)C(Cc1ccc(Cl)cc1)NC. The first-order valence-electron chi connectivity index (χ1n) is 5.65. The Balaban J connectivity index is 2.65. The van der Waals surface area contributed by atoms with Gasteiger partial charge in [0.1, 0.15) is 0 Å². The summed E-state index contributed by atoms with van der Waals surface area (Å²) in [7, 11) is 3.74. The molecule has 0 aliphatic heterocycles. The smallest absolute Gasteiger partial charge is 0.0724 e. The van der Waals surface area contributed by atoms with Crippen molar-refractivity contribution in [3.05, 3.63) is 34.9 Å². The topological polar surface area (TPSA) is 21.3 Å². The first-order chi connectivity index (χ1) is 7.71. The normalized spacial score (nSPS) is 14.8. The molecule has 0 saturated heterocycles. The first kappa shape index (κ1) is 13.5. The third kappa shape index (κ3) is 3.78. The molecule has 0 fully saturated rings. The predicted octanol–water partition coefficient (Wildman–Crippen LogP) is 2.90. The summed E-state index contributed by atoms with van der Waals surface area (Å²) < 4.78 is 5.46. The van der Waals surface area contributed by atoms with E-state index in [1.807, 2.05) is 19.2 Å². The van der Waals surface area contributed by atoms with E-state index in [-0.39, 0.29) is 6.10 Å². The second-order valence-electron chi connectivity index (χ2n) is 3.91. The van der Waals surface area contributed by atoms with E-state index in [2.05, 4.69) is 24.4 Å². The zero-order valence-electron chi connectivity index (χ0n) is 10.2. The van der Waals surface area contributed by atoms with Gasteiger partial charge in [0.05, 0.1) is 6.10 Å². The van der Waals surface area contributed by atoms with Gasteiger partial charge in [-0.2, -0.15) is 0 Å². The molecule has 2 nitrogen and oxygen atoms in total. The molecule has 1 aromatic rings. The fraction of sp³-hybridized carbons (Fsp3) is 0.538. The van der Waals surface area contributed by atoms with Crippen LogP contribution < -0.4 is 5.32 Å². The molecule has 0 aliphatic carbocycles. The van der Waals surface area contributed by atoms with Gasteiger partial charge in [0.15, 0.2) is 0 Å². The standard InChI is InChI=1S/C13H20ClNO/c1-4-13(16-3)12(15-2)9-10-5-7-11(14)8-6-10/h5-8,12-13,15H,4,9H2,1-3H3. The zero-order valence-corrected chi connectivity index (χ0v) is 10.9. The zero-order chi connectivity index (χ0) is 12.0. The molecule has 1 aromatic carbocycles. The lowest BCUT2D eigenvalue weighted by Gasteiger charge is -2.24. The largest absolute Gasteiger partial charge is 0.380 e. The molecule has 0 saturated carbocycles. The van der Waals surface area contributed by atoms with Gasteiger partial charge < -0.3 is 10.1 Å². The van der Waals surface area contributed by atoms with Gasteiger partial charge >= 0.3 is 0 Å². The molecule has 2 unspecified atom stereocenters. The highest BCUT2D eigenvalue weighted by Gasteiger charge is 2.17. The molecule has 16 heavy (non-hydrogen) atoms. The molecule has 0 aromatic heterocycles. The molecule has 0 aliphatic rings. The van der Waals surface area contributed by atoms with Crippen LogP contribution in [0.2, 0.25) is 5.02 Å². The average Bonchev–Trinajstić information content (AvgIpc) is 2.32. The summed E-state index contributed by atoms with van der Waals surface area (Å²) in [5.74, 6) is 0. The summed E-state index contributed by atoms with van der Waals surface area (Å²) in [4.78, 5) is 0.